The Balaban J connectivity index is 1.81. The number of likely N-dealkylation sites (tertiary alicyclic amines) is 1. The highest BCUT2D eigenvalue weighted by Gasteiger charge is 2.44. The van der Waals surface area contributed by atoms with Crippen LogP contribution in [0.2, 0.25) is 0 Å². The first-order valence-electron chi connectivity index (χ1n) is 5.69. The maximum absolute atomic E-state index is 13.6. The largest absolute Gasteiger partial charge is 0.396 e. The minimum Gasteiger partial charge on any atom is -0.396 e. The lowest BCUT2D eigenvalue weighted by atomic mass is 10.0. The summed E-state index contributed by atoms with van der Waals surface area (Å²) in [5.74, 6) is 0. The van der Waals surface area contributed by atoms with Crippen LogP contribution < -0.4 is 0 Å². The smallest absolute Gasteiger partial charge is 0.139 e. The molecular formula is C11H20FNO2. The Morgan fingerprint density at radius 2 is 2.27 bits per heavy atom. The van der Waals surface area contributed by atoms with Crippen molar-refractivity contribution in [2.24, 2.45) is 5.41 Å². The molecule has 0 radical (unpaired) electrons. The first-order valence-corrected chi connectivity index (χ1v) is 5.69. The van der Waals surface area contributed by atoms with E-state index < -0.39 is 6.17 Å². The summed E-state index contributed by atoms with van der Waals surface area (Å²) in [5, 5.41) is 9.21. The van der Waals surface area contributed by atoms with Gasteiger partial charge in [-0.25, -0.2) is 4.39 Å². The van der Waals surface area contributed by atoms with Crippen LogP contribution in [0.4, 0.5) is 4.39 Å². The molecule has 2 atom stereocenters. The molecule has 88 valence electrons. The lowest BCUT2D eigenvalue weighted by Gasteiger charge is -2.35. The van der Waals surface area contributed by atoms with Gasteiger partial charge in [0.2, 0.25) is 0 Å². The molecule has 1 saturated carbocycles. The van der Waals surface area contributed by atoms with E-state index in [0.29, 0.717) is 6.54 Å². The summed E-state index contributed by atoms with van der Waals surface area (Å²) in [6.07, 6.45) is 1.83. The topological polar surface area (TPSA) is 32.7 Å². The number of rotatable bonds is 4. The van der Waals surface area contributed by atoms with Crippen LogP contribution in [-0.2, 0) is 4.74 Å². The van der Waals surface area contributed by atoms with E-state index in [1.165, 1.54) is 0 Å². The van der Waals surface area contributed by atoms with Crippen molar-refractivity contribution in [2.45, 2.75) is 31.5 Å². The van der Waals surface area contributed by atoms with Gasteiger partial charge < -0.3 is 9.84 Å². The minimum atomic E-state index is -0.877. The standard InChI is InChI=1S/C11H20FNO2/c1-15-10-2-5-13(6-9(10)12)7-11(8-14)3-4-11/h9-10,14H,2-8H2,1H3/t9-,10+/m1/s1. The Morgan fingerprint density at radius 3 is 2.73 bits per heavy atom. The van der Waals surface area contributed by atoms with Crippen LogP contribution in [0, 0.1) is 5.41 Å². The maximum Gasteiger partial charge on any atom is 0.139 e. The van der Waals surface area contributed by atoms with Crippen LogP contribution in [0.15, 0.2) is 0 Å². The lowest BCUT2D eigenvalue weighted by Crippen LogP contribution is -2.47. The van der Waals surface area contributed by atoms with Gasteiger partial charge in [-0.15, -0.1) is 0 Å². The van der Waals surface area contributed by atoms with Gasteiger partial charge in [-0.1, -0.05) is 0 Å². The molecule has 0 amide bonds. The van der Waals surface area contributed by atoms with E-state index in [1.807, 2.05) is 0 Å². The molecule has 0 aromatic rings. The number of hydrogen-bond donors (Lipinski definition) is 1. The quantitative estimate of drug-likeness (QED) is 0.756. The molecule has 0 bridgehead atoms. The molecule has 1 heterocycles. The number of nitrogens with zero attached hydrogens (tertiary/aromatic N) is 1. The molecule has 15 heavy (non-hydrogen) atoms. The summed E-state index contributed by atoms with van der Waals surface area (Å²) >= 11 is 0. The second kappa shape index (κ2) is 4.36. The zero-order valence-corrected chi connectivity index (χ0v) is 9.29. The molecule has 2 rings (SSSR count). The van der Waals surface area contributed by atoms with E-state index in [2.05, 4.69) is 4.90 Å². The van der Waals surface area contributed by atoms with E-state index in [4.69, 9.17) is 4.74 Å². The van der Waals surface area contributed by atoms with Gasteiger partial charge in [-0.05, 0) is 19.3 Å². The second-order valence-corrected chi connectivity index (χ2v) is 4.97. The van der Waals surface area contributed by atoms with E-state index in [-0.39, 0.29) is 18.1 Å². The van der Waals surface area contributed by atoms with Crippen molar-refractivity contribution in [3.05, 3.63) is 0 Å². The van der Waals surface area contributed by atoms with E-state index in [0.717, 1.165) is 32.4 Å². The van der Waals surface area contributed by atoms with Crippen LogP contribution in [0.25, 0.3) is 0 Å². The summed E-state index contributed by atoms with van der Waals surface area (Å²) in [5.41, 5.74) is 0.0969. The Morgan fingerprint density at radius 1 is 1.53 bits per heavy atom. The van der Waals surface area contributed by atoms with Gasteiger partial charge in [0, 0.05) is 38.8 Å². The summed E-state index contributed by atoms with van der Waals surface area (Å²) < 4.78 is 18.6. The zero-order chi connectivity index (χ0) is 10.9. The second-order valence-electron chi connectivity index (χ2n) is 4.97. The van der Waals surface area contributed by atoms with Crippen molar-refractivity contribution >= 4 is 0 Å². The third-order valence-electron chi connectivity index (χ3n) is 3.72. The highest BCUT2D eigenvalue weighted by Crippen LogP contribution is 2.46. The number of methoxy groups -OCH3 is 1. The predicted molar refractivity (Wildman–Crippen MR) is 55.5 cm³/mol. The molecular weight excluding hydrogens is 197 g/mol. The van der Waals surface area contributed by atoms with Crippen LogP contribution in [-0.4, -0.2) is 55.6 Å². The Kier molecular flexibility index (Phi) is 3.28. The van der Waals surface area contributed by atoms with Gasteiger partial charge >= 0.3 is 0 Å². The highest BCUT2D eigenvalue weighted by molar-refractivity contribution is 4.96. The monoisotopic (exact) mass is 217 g/mol. The van der Waals surface area contributed by atoms with Gasteiger partial charge in [0.15, 0.2) is 0 Å². The van der Waals surface area contributed by atoms with Crippen molar-refractivity contribution in [3.8, 4) is 0 Å². The van der Waals surface area contributed by atoms with Crippen molar-refractivity contribution in [3.63, 3.8) is 0 Å². The number of aliphatic hydroxyl groups excluding tert-OH is 1. The third-order valence-corrected chi connectivity index (χ3v) is 3.72. The fourth-order valence-electron chi connectivity index (χ4n) is 2.37. The zero-order valence-electron chi connectivity index (χ0n) is 9.29. The molecule has 0 unspecified atom stereocenters. The van der Waals surface area contributed by atoms with E-state index in [1.54, 1.807) is 7.11 Å². The molecule has 2 aliphatic rings. The first kappa shape index (κ1) is 11.3. The molecule has 4 heteroatoms. The first-order chi connectivity index (χ1) is 7.19. The number of piperidine rings is 1. The predicted octanol–water partition coefficient (Wildman–Crippen LogP) is 0.818. The molecule has 1 saturated heterocycles. The molecule has 1 aliphatic heterocycles. The fraction of sp³-hybridized carbons (Fsp3) is 1.00. The molecule has 1 N–H and O–H groups in total. The normalized spacial score (nSPS) is 35.4. The van der Waals surface area contributed by atoms with Crippen molar-refractivity contribution in [1.82, 2.24) is 4.90 Å². The molecule has 0 spiro atoms. The molecule has 1 aliphatic carbocycles. The average Bonchev–Trinajstić information content (AvgIpc) is 2.99. The van der Waals surface area contributed by atoms with E-state index in [9.17, 15) is 9.50 Å². The summed E-state index contributed by atoms with van der Waals surface area (Å²) in [4.78, 5) is 2.13. The maximum atomic E-state index is 13.6. The van der Waals surface area contributed by atoms with Crippen molar-refractivity contribution in [1.29, 1.82) is 0 Å². The highest BCUT2D eigenvalue weighted by atomic mass is 19.1. The van der Waals surface area contributed by atoms with Crippen LogP contribution in [0.1, 0.15) is 19.3 Å². The van der Waals surface area contributed by atoms with Crippen molar-refractivity contribution < 1.29 is 14.2 Å². The number of alkyl halides is 1. The average molecular weight is 217 g/mol. The van der Waals surface area contributed by atoms with Gasteiger partial charge in [0.05, 0.1) is 6.10 Å². The summed E-state index contributed by atoms with van der Waals surface area (Å²) in [6.45, 7) is 2.44. The fourth-order valence-corrected chi connectivity index (χ4v) is 2.37. The van der Waals surface area contributed by atoms with Crippen LogP contribution in [0.5, 0.6) is 0 Å². The SMILES string of the molecule is CO[C@H]1CCN(CC2(CO)CC2)C[C@H]1F. The molecule has 0 aromatic carbocycles. The van der Waals surface area contributed by atoms with E-state index >= 15 is 0 Å². The van der Waals surface area contributed by atoms with Crippen LogP contribution >= 0.6 is 0 Å². The van der Waals surface area contributed by atoms with Gasteiger partial charge in [-0.3, -0.25) is 4.90 Å². The Labute approximate surface area is 90.2 Å². The molecule has 2 fully saturated rings. The summed E-state index contributed by atoms with van der Waals surface area (Å²) in [6, 6.07) is 0. The third kappa shape index (κ3) is 2.49. The Hall–Kier alpha value is -0.190. The van der Waals surface area contributed by atoms with Gasteiger partial charge in [0.25, 0.3) is 0 Å². The number of aliphatic hydroxyl groups is 1. The lowest BCUT2D eigenvalue weighted by molar-refractivity contribution is -0.0285. The van der Waals surface area contributed by atoms with Gasteiger partial charge in [0.1, 0.15) is 6.17 Å². The summed E-state index contributed by atoms with van der Waals surface area (Å²) in [7, 11) is 1.57. The Bertz CT molecular complexity index is 221. The van der Waals surface area contributed by atoms with Crippen LogP contribution in [0.3, 0.4) is 0 Å². The number of ether oxygens (including phenoxy) is 1. The number of hydrogen-bond acceptors (Lipinski definition) is 3. The van der Waals surface area contributed by atoms with Gasteiger partial charge in [-0.2, -0.15) is 0 Å². The minimum absolute atomic E-state index is 0.0969. The number of halogens is 1. The molecule has 0 aromatic heterocycles. The molecule has 3 nitrogen and oxygen atoms in total. The van der Waals surface area contributed by atoms with Crippen molar-refractivity contribution in [2.75, 3.05) is 33.4 Å².